The van der Waals surface area contributed by atoms with E-state index >= 15 is 0 Å². The van der Waals surface area contributed by atoms with Gasteiger partial charge in [-0.2, -0.15) is 0 Å². The van der Waals surface area contributed by atoms with Crippen LogP contribution in [-0.2, 0) is 9.59 Å². The summed E-state index contributed by atoms with van der Waals surface area (Å²) in [6.45, 7) is 4.97. The second kappa shape index (κ2) is 9.62. The van der Waals surface area contributed by atoms with Crippen molar-refractivity contribution in [1.29, 1.82) is 0 Å². The van der Waals surface area contributed by atoms with Crippen molar-refractivity contribution < 1.29 is 19.1 Å². The molecule has 0 radical (unpaired) electrons. The number of hydrazine groups is 1. The summed E-state index contributed by atoms with van der Waals surface area (Å²) in [4.78, 5) is 40.1. The number of rotatable bonds is 9. The molecule has 3 amide bonds. The van der Waals surface area contributed by atoms with Crippen LogP contribution in [0.25, 0.3) is 10.9 Å². The molecule has 9 nitrogen and oxygen atoms in total. The first kappa shape index (κ1) is 21.6. The lowest BCUT2D eigenvalue weighted by Crippen LogP contribution is -2.52. The second-order valence-corrected chi connectivity index (χ2v) is 7.91. The number of benzene rings is 1. The first-order valence-corrected chi connectivity index (χ1v) is 10.2. The van der Waals surface area contributed by atoms with Crippen molar-refractivity contribution in [2.45, 2.75) is 32.7 Å². The number of methoxy groups -OCH3 is 1. The van der Waals surface area contributed by atoms with E-state index in [9.17, 15) is 14.4 Å². The summed E-state index contributed by atoms with van der Waals surface area (Å²) in [6.07, 6.45) is 1.21. The molecule has 0 bridgehead atoms. The molecule has 1 aromatic carbocycles. The van der Waals surface area contributed by atoms with Crippen LogP contribution in [0.1, 0.15) is 37.2 Å². The Balaban J connectivity index is 1.64. The van der Waals surface area contributed by atoms with Crippen LogP contribution in [0.3, 0.4) is 0 Å². The van der Waals surface area contributed by atoms with Gasteiger partial charge in [0.1, 0.15) is 17.5 Å². The molecule has 9 heteroatoms. The maximum atomic E-state index is 12.8. The molecule has 2 atom stereocenters. The molecule has 1 saturated heterocycles. The summed E-state index contributed by atoms with van der Waals surface area (Å²) < 4.78 is 5.33. The van der Waals surface area contributed by atoms with Gasteiger partial charge in [0.15, 0.2) is 0 Å². The average Bonchev–Trinajstić information content (AvgIpc) is 3.33. The number of aromatic amines is 1. The van der Waals surface area contributed by atoms with Crippen molar-refractivity contribution in [2.24, 2.45) is 11.8 Å². The fourth-order valence-corrected chi connectivity index (χ4v) is 3.55. The number of carbonyl (C=O) groups is 3. The first-order chi connectivity index (χ1) is 14.4. The number of hydrogen-bond acceptors (Lipinski definition) is 5. The highest BCUT2D eigenvalue weighted by atomic mass is 16.5. The van der Waals surface area contributed by atoms with E-state index in [0.29, 0.717) is 31.0 Å². The molecule has 2 heterocycles. The maximum Gasteiger partial charge on any atom is 0.268 e. The second-order valence-electron chi connectivity index (χ2n) is 7.91. The largest absolute Gasteiger partial charge is 0.496 e. The van der Waals surface area contributed by atoms with Gasteiger partial charge in [-0.05, 0) is 37.0 Å². The highest BCUT2D eigenvalue weighted by molar-refractivity contribution is 6.01. The summed E-state index contributed by atoms with van der Waals surface area (Å²) in [6, 6.07) is 6.52. The predicted octanol–water partition coefficient (Wildman–Crippen LogP) is 1.08. The Morgan fingerprint density at radius 2 is 2.10 bits per heavy atom. The Hall–Kier alpha value is -3.07. The SMILES string of the molecule is COc1cccc2[nH]c(C(=O)N[C@@H](CC(C)C)C(=O)NNC[C@@H]3CCNC3=O)cc12. The Labute approximate surface area is 175 Å². The summed E-state index contributed by atoms with van der Waals surface area (Å²) in [5.74, 6) is -0.0277. The van der Waals surface area contributed by atoms with Gasteiger partial charge in [-0.3, -0.25) is 19.8 Å². The number of amides is 3. The normalized spacial score (nSPS) is 17.1. The third kappa shape index (κ3) is 5.10. The minimum absolute atomic E-state index is 0.0157. The van der Waals surface area contributed by atoms with Crippen molar-refractivity contribution in [3.63, 3.8) is 0 Å². The number of fused-ring (bicyclic) bond motifs is 1. The quantitative estimate of drug-likeness (QED) is 0.392. The maximum absolute atomic E-state index is 12.8. The summed E-state index contributed by atoms with van der Waals surface area (Å²) in [7, 11) is 1.58. The van der Waals surface area contributed by atoms with Crippen molar-refractivity contribution in [3.05, 3.63) is 30.0 Å². The van der Waals surface area contributed by atoms with Crippen LogP contribution >= 0.6 is 0 Å². The molecule has 1 aliphatic heterocycles. The molecule has 0 aliphatic carbocycles. The first-order valence-electron chi connectivity index (χ1n) is 10.2. The van der Waals surface area contributed by atoms with Crippen LogP contribution in [-0.4, -0.2) is 48.9 Å². The van der Waals surface area contributed by atoms with Gasteiger partial charge >= 0.3 is 0 Å². The molecule has 1 fully saturated rings. The monoisotopic (exact) mass is 415 g/mol. The van der Waals surface area contributed by atoms with Gasteiger partial charge in [-0.15, -0.1) is 0 Å². The fourth-order valence-electron chi connectivity index (χ4n) is 3.55. The van der Waals surface area contributed by atoms with Crippen LogP contribution in [0.15, 0.2) is 24.3 Å². The summed E-state index contributed by atoms with van der Waals surface area (Å²) in [5.41, 5.74) is 6.58. The van der Waals surface area contributed by atoms with Crippen LogP contribution in [0.2, 0.25) is 0 Å². The van der Waals surface area contributed by atoms with E-state index in [-0.39, 0.29) is 29.6 Å². The molecule has 0 unspecified atom stereocenters. The van der Waals surface area contributed by atoms with E-state index in [0.717, 1.165) is 17.3 Å². The molecule has 162 valence electrons. The van der Waals surface area contributed by atoms with Crippen LogP contribution in [0.4, 0.5) is 0 Å². The number of nitrogens with one attached hydrogen (secondary N) is 5. The van der Waals surface area contributed by atoms with Crippen molar-refractivity contribution in [1.82, 2.24) is 26.5 Å². The standard InChI is InChI=1S/C21H29N5O4/c1-12(2)9-16(21(29)26-23-11-13-7-8-22-19(13)27)25-20(28)17-10-14-15(24-17)5-4-6-18(14)30-3/h4-6,10,12-13,16,23-24H,7-9,11H2,1-3H3,(H,22,27)(H,25,28)(H,26,29)/t13-,16-/m0/s1. The smallest absolute Gasteiger partial charge is 0.268 e. The molecular formula is C21H29N5O4. The number of ether oxygens (including phenoxy) is 1. The van der Waals surface area contributed by atoms with Crippen molar-refractivity contribution in [2.75, 3.05) is 20.2 Å². The zero-order valence-corrected chi connectivity index (χ0v) is 17.5. The van der Waals surface area contributed by atoms with Crippen molar-refractivity contribution >= 4 is 28.6 Å². The van der Waals surface area contributed by atoms with E-state index < -0.39 is 6.04 Å². The van der Waals surface area contributed by atoms with Gasteiger partial charge in [-0.1, -0.05) is 19.9 Å². The summed E-state index contributed by atoms with van der Waals surface area (Å²) in [5, 5.41) is 6.36. The number of hydrogen-bond donors (Lipinski definition) is 5. The fraction of sp³-hybridized carbons (Fsp3) is 0.476. The number of carbonyl (C=O) groups excluding carboxylic acids is 3. The zero-order valence-electron chi connectivity index (χ0n) is 17.5. The van der Waals surface area contributed by atoms with Crippen LogP contribution in [0, 0.1) is 11.8 Å². The lowest BCUT2D eigenvalue weighted by atomic mass is 10.0. The Morgan fingerprint density at radius 3 is 2.77 bits per heavy atom. The lowest BCUT2D eigenvalue weighted by Gasteiger charge is -2.20. The lowest BCUT2D eigenvalue weighted by molar-refractivity contribution is -0.125. The van der Waals surface area contributed by atoms with E-state index in [1.165, 1.54) is 0 Å². The number of aromatic nitrogens is 1. The molecule has 5 N–H and O–H groups in total. The van der Waals surface area contributed by atoms with E-state index in [4.69, 9.17) is 4.74 Å². The van der Waals surface area contributed by atoms with E-state index in [1.807, 2.05) is 32.0 Å². The van der Waals surface area contributed by atoms with Gasteiger partial charge < -0.3 is 20.4 Å². The average molecular weight is 415 g/mol. The van der Waals surface area contributed by atoms with Gasteiger partial charge in [0, 0.05) is 24.0 Å². The van der Waals surface area contributed by atoms with Gasteiger partial charge in [0.2, 0.25) is 5.91 Å². The van der Waals surface area contributed by atoms with Gasteiger partial charge in [0.05, 0.1) is 13.0 Å². The Morgan fingerprint density at radius 1 is 1.30 bits per heavy atom. The summed E-state index contributed by atoms with van der Waals surface area (Å²) >= 11 is 0. The highest BCUT2D eigenvalue weighted by Gasteiger charge is 2.26. The van der Waals surface area contributed by atoms with Gasteiger partial charge in [-0.25, -0.2) is 5.43 Å². The Bertz CT molecular complexity index is 923. The van der Waals surface area contributed by atoms with E-state index in [2.05, 4.69) is 26.5 Å². The minimum atomic E-state index is -0.712. The van der Waals surface area contributed by atoms with Crippen LogP contribution < -0.4 is 26.2 Å². The molecule has 1 aromatic heterocycles. The third-order valence-corrected chi connectivity index (χ3v) is 5.14. The molecular weight excluding hydrogens is 386 g/mol. The van der Waals surface area contributed by atoms with Crippen LogP contribution in [0.5, 0.6) is 5.75 Å². The van der Waals surface area contributed by atoms with E-state index in [1.54, 1.807) is 13.2 Å². The number of H-pyrrole nitrogens is 1. The van der Waals surface area contributed by atoms with Gasteiger partial charge in [0.25, 0.3) is 11.8 Å². The van der Waals surface area contributed by atoms with Crippen molar-refractivity contribution in [3.8, 4) is 5.75 Å². The predicted molar refractivity (Wildman–Crippen MR) is 113 cm³/mol. The molecule has 3 rings (SSSR count). The Kier molecular flexibility index (Phi) is 6.94. The zero-order chi connectivity index (χ0) is 21.7. The molecule has 0 spiro atoms. The highest BCUT2D eigenvalue weighted by Crippen LogP contribution is 2.26. The minimum Gasteiger partial charge on any atom is -0.496 e. The molecule has 1 aliphatic rings. The molecule has 0 saturated carbocycles. The topological polar surface area (TPSA) is 124 Å². The third-order valence-electron chi connectivity index (χ3n) is 5.14. The molecule has 2 aromatic rings. The molecule has 30 heavy (non-hydrogen) atoms.